The molecule has 1 aromatic carbocycles. The summed E-state index contributed by atoms with van der Waals surface area (Å²) in [6.45, 7) is 3.24. The van der Waals surface area contributed by atoms with E-state index in [-0.39, 0.29) is 0 Å². The highest BCUT2D eigenvalue weighted by atomic mass is 16.5. The van der Waals surface area contributed by atoms with Crippen LogP contribution >= 0.6 is 0 Å². The number of nitrogens with one attached hydrogen (secondary N) is 1. The van der Waals surface area contributed by atoms with Crippen molar-refractivity contribution in [3.8, 4) is 5.75 Å². The van der Waals surface area contributed by atoms with Crippen LogP contribution in [0, 0.1) is 0 Å². The second-order valence-electron chi connectivity index (χ2n) is 6.59. The summed E-state index contributed by atoms with van der Waals surface area (Å²) in [5.74, 6) is 1.10. The van der Waals surface area contributed by atoms with E-state index < -0.39 is 0 Å². The van der Waals surface area contributed by atoms with Crippen molar-refractivity contribution in [2.24, 2.45) is 0 Å². The number of rotatable bonds is 4. The highest BCUT2D eigenvalue weighted by molar-refractivity contribution is 5.39. The third-order valence-corrected chi connectivity index (χ3v) is 4.98. The van der Waals surface area contributed by atoms with E-state index in [2.05, 4.69) is 30.4 Å². The van der Waals surface area contributed by atoms with Gasteiger partial charge in [-0.1, -0.05) is 25.8 Å². The second-order valence-corrected chi connectivity index (χ2v) is 6.59. The van der Waals surface area contributed by atoms with E-state index in [9.17, 15) is 0 Å². The van der Waals surface area contributed by atoms with Crippen LogP contribution in [0.25, 0.3) is 0 Å². The summed E-state index contributed by atoms with van der Waals surface area (Å²) in [6, 6.07) is 7.35. The summed E-state index contributed by atoms with van der Waals surface area (Å²) in [5.41, 5.74) is 3.00. The first-order valence-corrected chi connectivity index (χ1v) is 8.89. The Morgan fingerprint density at radius 2 is 1.86 bits per heavy atom. The van der Waals surface area contributed by atoms with E-state index in [1.807, 2.05) is 0 Å². The molecule has 0 radical (unpaired) electrons. The number of ether oxygens (including phenoxy) is 1. The minimum Gasteiger partial charge on any atom is -0.490 e. The first-order chi connectivity index (χ1) is 10.4. The van der Waals surface area contributed by atoms with Gasteiger partial charge in [0.2, 0.25) is 0 Å². The standard InChI is InChI=1S/C19H29NO/c1-2-20-19-11-7-8-15-14-17(12-13-18(15)19)21-16-9-5-3-4-6-10-16/h12-14,16,19-20H,2-11H2,1H3. The highest BCUT2D eigenvalue weighted by Crippen LogP contribution is 2.33. The summed E-state index contributed by atoms with van der Waals surface area (Å²) < 4.78 is 6.28. The molecule has 1 N–H and O–H groups in total. The lowest BCUT2D eigenvalue weighted by Gasteiger charge is -2.27. The lowest BCUT2D eigenvalue weighted by molar-refractivity contribution is 0.183. The van der Waals surface area contributed by atoms with Crippen LogP contribution in [0.4, 0.5) is 0 Å². The molecule has 116 valence electrons. The molecule has 1 fully saturated rings. The zero-order valence-electron chi connectivity index (χ0n) is 13.4. The van der Waals surface area contributed by atoms with Gasteiger partial charge in [0.1, 0.15) is 5.75 Å². The van der Waals surface area contributed by atoms with Crippen molar-refractivity contribution in [1.29, 1.82) is 0 Å². The lowest BCUT2D eigenvalue weighted by atomic mass is 9.87. The van der Waals surface area contributed by atoms with Gasteiger partial charge in [0.15, 0.2) is 0 Å². The maximum atomic E-state index is 6.28. The predicted octanol–water partition coefficient (Wildman–Crippen LogP) is 4.78. The number of hydrogen-bond donors (Lipinski definition) is 1. The van der Waals surface area contributed by atoms with Crippen LogP contribution < -0.4 is 10.1 Å². The molecule has 0 heterocycles. The van der Waals surface area contributed by atoms with Crippen LogP contribution in [-0.2, 0) is 6.42 Å². The van der Waals surface area contributed by atoms with Crippen molar-refractivity contribution in [2.75, 3.05) is 6.54 Å². The maximum Gasteiger partial charge on any atom is 0.120 e. The number of hydrogen-bond acceptors (Lipinski definition) is 2. The molecule has 1 atom stereocenters. The molecule has 0 aliphatic heterocycles. The number of aryl methyl sites for hydroxylation is 1. The largest absolute Gasteiger partial charge is 0.490 e. The Kier molecular flexibility index (Phi) is 5.18. The average Bonchev–Trinajstić information content (AvgIpc) is 2.76. The lowest BCUT2D eigenvalue weighted by Crippen LogP contribution is -2.25. The van der Waals surface area contributed by atoms with Gasteiger partial charge in [-0.3, -0.25) is 0 Å². The molecule has 2 heteroatoms. The van der Waals surface area contributed by atoms with Crippen LogP contribution in [0.1, 0.15) is 75.5 Å². The van der Waals surface area contributed by atoms with Gasteiger partial charge < -0.3 is 10.1 Å². The molecule has 0 saturated heterocycles. The van der Waals surface area contributed by atoms with Gasteiger partial charge in [-0.25, -0.2) is 0 Å². The van der Waals surface area contributed by atoms with Gasteiger partial charge in [-0.15, -0.1) is 0 Å². The summed E-state index contributed by atoms with van der Waals surface area (Å²) in [5, 5.41) is 3.61. The molecule has 1 unspecified atom stereocenters. The molecule has 1 aromatic rings. The Balaban J connectivity index is 1.70. The van der Waals surface area contributed by atoms with Crippen LogP contribution in [-0.4, -0.2) is 12.6 Å². The van der Waals surface area contributed by atoms with E-state index in [1.54, 1.807) is 0 Å². The second kappa shape index (κ2) is 7.31. The van der Waals surface area contributed by atoms with Gasteiger partial charge in [0.25, 0.3) is 0 Å². The smallest absolute Gasteiger partial charge is 0.120 e. The fourth-order valence-corrected chi connectivity index (χ4v) is 3.87. The van der Waals surface area contributed by atoms with E-state index >= 15 is 0 Å². The molecule has 0 aromatic heterocycles. The van der Waals surface area contributed by atoms with E-state index in [0.29, 0.717) is 12.1 Å². The Hall–Kier alpha value is -1.02. The van der Waals surface area contributed by atoms with Crippen LogP contribution in [0.5, 0.6) is 5.75 Å². The molecule has 2 aliphatic carbocycles. The van der Waals surface area contributed by atoms with Crippen molar-refractivity contribution in [3.05, 3.63) is 29.3 Å². The SMILES string of the molecule is CCNC1CCCc2cc(OC3CCCCCC3)ccc21. The molecular formula is C19H29NO. The molecule has 0 spiro atoms. The Bertz CT molecular complexity index is 449. The third-order valence-electron chi connectivity index (χ3n) is 4.98. The highest BCUT2D eigenvalue weighted by Gasteiger charge is 2.20. The van der Waals surface area contributed by atoms with Gasteiger partial charge in [-0.2, -0.15) is 0 Å². The van der Waals surface area contributed by atoms with E-state index in [1.165, 1.54) is 68.9 Å². The van der Waals surface area contributed by atoms with Crippen molar-refractivity contribution in [1.82, 2.24) is 5.32 Å². The summed E-state index contributed by atoms with van der Waals surface area (Å²) in [7, 11) is 0. The monoisotopic (exact) mass is 287 g/mol. The Morgan fingerprint density at radius 3 is 2.62 bits per heavy atom. The topological polar surface area (TPSA) is 21.3 Å². The molecule has 2 nitrogen and oxygen atoms in total. The number of fused-ring (bicyclic) bond motifs is 1. The fourth-order valence-electron chi connectivity index (χ4n) is 3.87. The number of benzene rings is 1. The predicted molar refractivity (Wildman–Crippen MR) is 87.9 cm³/mol. The van der Waals surface area contributed by atoms with E-state index in [4.69, 9.17) is 4.74 Å². The molecular weight excluding hydrogens is 258 g/mol. The molecule has 2 aliphatic rings. The minimum atomic E-state index is 0.443. The third kappa shape index (κ3) is 3.79. The Labute approximate surface area is 129 Å². The van der Waals surface area contributed by atoms with Crippen molar-refractivity contribution < 1.29 is 4.74 Å². The zero-order valence-corrected chi connectivity index (χ0v) is 13.4. The first-order valence-electron chi connectivity index (χ1n) is 8.89. The Morgan fingerprint density at radius 1 is 1.05 bits per heavy atom. The quantitative estimate of drug-likeness (QED) is 0.805. The minimum absolute atomic E-state index is 0.443. The van der Waals surface area contributed by atoms with Crippen LogP contribution in [0.3, 0.4) is 0 Å². The molecule has 21 heavy (non-hydrogen) atoms. The van der Waals surface area contributed by atoms with Gasteiger partial charge in [0.05, 0.1) is 6.10 Å². The molecule has 3 rings (SSSR count). The zero-order chi connectivity index (χ0) is 14.5. The van der Waals surface area contributed by atoms with Crippen molar-refractivity contribution in [2.45, 2.75) is 76.9 Å². The summed E-state index contributed by atoms with van der Waals surface area (Å²) in [6.07, 6.45) is 12.1. The van der Waals surface area contributed by atoms with Crippen LogP contribution in [0.15, 0.2) is 18.2 Å². The normalized spacial score (nSPS) is 23.4. The van der Waals surface area contributed by atoms with Gasteiger partial charge in [-0.05, 0) is 74.8 Å². The molecule has 1 saturated carbocycles. The van der Waals surface area contributed by atoms with Gasteiger partial charge in [0, 0.05) is 6.04 Å². The summed E-state index contributed by atoms with van der Waals surface area (Å²) in [4.78, 5) is 0. The molecule has 0 bridgehead atoms. The first kappa shape index (κ1) is 14.9. The van der Waals surface area contributed by atoms with Crippen molar-refractivity contribution in [3.63, 3.8) is 0 Å². The fraction of sp³-hybridized carbons (Fsp3) is 0.684. The van der Waals surface area contributed by atoms with Crippen molar-refractivity contribution >= 4 is 0 Å². The molecule has 0 amide bonds. The van der Waals surface area contributed by atoms with Crippen LogP contribution in [0.2, 0.25) is 0 Å². The maximum absolute atomic E-state index is 6.28. The summed E-state index contributed by atoms with van der Waals surface area (Å²) >= 11 is 0. The average molecular weight is 287 g/mol. The van der Waals surface area contributed by atoms with E-state index in [0.717, 1.165) is 12.3 Å². The van der Waals surface area contributed by atoms with Gasteiger partial charge >= 0.3 is 0 Å².